The Labute approximate surface area is 93.3 Å². The van der Waals surface area contributed by atoms with Gasteiger partial charge in [-0.25, -0.2) is 4.79 Å². The van der Waals surface area contributed by atoms with Gasteiger partial charge in [-0.1, -0.05) is 12.8 Å². The highest BCUT2D eigenvalue weighted by Gasteiger charge is 2.20. The van der Waals surface area contributed by atoms with Crippen LogP contribution < -0.4 is 17.0 Å². The lowest BCUT2D eigenvalue weighted by molar-refractivity contribution is 0.471. The number of rotatable bonds is 3. The third-order valence-electron chi connectivity index (χ3n) is 3.15. The molecule has 88 valence electrons. The van der Waals surface area contributed by atoms with Crippen LogP contribution in [0.5, 0.6) is 0 Å². The van der Waals surface area contributed by atoms with Crippen LogP contribution in [0.3, 0.4) is 0 Å². The zero-order valence-electron chi connectivity index (χ0n) is 9.24. The molecule has 1 heterocycles. The molecule has 1 fully saturated rings. The fraction of sp³-hybridized carbons (Fsp3) is 0.636. The topological polar surface area (TPSA) is 80.9 Å². The summed E-state index contributed by atoms with van der Waals surface area (Å²) in [5.74, 6) is 0. The first-order valence-electron chi connectivity index (χ1n) is 5.77. The molecule has 0 saturated heterocycles. The number of aromatic amines is 1. The summed E-state index contributed by atoms with van der Waals surface area (Å²) in [5, 5.41) is 0. The molecule has 2 rings (SSSR count). The molecule has 0 unspecified atom stereocenters. The van der Waals surface area contributed by atoms with Gasteiger partial charge in [-0.15, -0.1) is 0 Å². The van der Waals surface area contributed by atoms with E-state index in [1.54, 1.807) is 4.57 Å². The van der Waals surface area contributed by atoms with Gasteiger partial charge in [0.2, 0.25) is 0 Å². The Kier molecular flexibility index (Phi) is 3.24. The Balaban J connectivity index is 2.47. The van der Waals surface area contributed by atoms with Crippen LogP contribution in [0.15, 0.2) is 15.7 Å². The van der Waals surface area contributed by atoms with Crippen molar-refractivity contribution in [1.29, 1.82) is 0 Å². The van der Waals surface area contributed by atoms with Crippen LogP contribution in [0.25, 0.3) is 0 Å². The molecule has 1 aromatic heterocycles. The molecule has 1 aromatic rings. The van der Waals surface area contributed by atoms with Crippen molar-refractivity contribution in [2.45, 2.75) is 38.1 Å². The monoisotopic (exact) mass is 223 g/mol. The van der Waals surface area contributed by atoms with E-state index in [4.69, 9.17) is 5.73 Å². The molecule has 3 N–H and O–H groups in total. The summed E-state index contributed by atoms with van der Waals surface area (Å²) in [5.41, 5.74) is 5.65. The van der Waals surface area contributed by atoms with Gasteiger partial charge in [0, 0.05) is 24.2 Å². The number of nitrogens with zero attached hydrogens (tertiary/aromatic N) is 1. The van der Waals surface area contributed by atoms with Crippen molar-refractivity contribution in [3.05, 3.63) is 32.6 Å². The van der Waals surface area contributed by atoms with Crippen LogP contribution in [-0.2, 0) is 6.42 Å². The van der Waals surface area contributed by atoms with Gasteiger partial charge in [0.1, 0.15) is 0 Å². The van der Waals surface area contributed by atoms with Gasteiger partial charge >= 0.3 is 5.69 Å². The lowest BCUT2D eigenvalue weighted by Gasteiger charge is -2.17. The second-order valence-electron chi connectivity index (χ2n) is 4.28. The SMILES string of the molecule is NCCc1cc(=O)[nH]c(=O)n1C1CCCC1. The van der Waals surface area contributed by atoms with Crippen molar-refractivity contribution < 1.29 is 0 Å². The molecule has 0 radical (unpaired) electrons. The van der Waals surface area contributed by atoms with E-state index in [9.17, 15) is 9.59 Å². The minimum absolute atomic E-state index is 0.242. The zero-order chi connectivity index (χ0) is 11.5. The second-order valence-corrected chi connectivity index (χ2v) is 4.28. The number of nitrogens with one attached hydrogen (secondary N) is 1. The van der Waals surface area contributed by atoms with Gasteiger partial charge in [0.25, 0.3) is 5.56 Å². The summed E-state index contributed by atoms with van der Waals surface area (Å²) in [6, 6.07) is 1.73. The van der Waals surface area contributed by atoms with Crippen LogP contribution in [0, 0.1) is 0 Å². The molecule has 5 nitrogen and oxygen atoms in total. The summed E-state index contributed by atoms with van der Waals surface area (Å²) in [7, 11) is 0. The Morgan fingerprint density at radius 2 is 2.06 bits per heavy atom. The van der Waals surface area contributed by atoms with Crippen molar-refractivity contribution in [1.82, 2.24) is 9.55 Å². The molecular weight excluding hydrogens is 206 g/mol. The molecular formula is C11H17N3O2. The van der Waals surface area contributed by atoms with Crippen molar-refractivity contribution in [3.63, 3.8) is 0 Å². The van der Waals surface area contributed by atoms with Gasteiger partial charge in [-0.3, -0.25) is 14.3 Å². The molecule has 5 heteroatoms. The van der Waals surface area contributed by atoms with E-state index in [1.165, 1.54) is 6.07 Å². The number of H-pyrrole nitrogens is 1. The molecule has 1 aliphatic rings. The maximum atomic E-state index is 11.8. The maximum Gasteiger partial charge on any atom is 0.328 e. The maximum absolute atomic E-state index is 11.8. The second kappa shape index (κ2) is 4.65. The van der Waals surface area contributed by atoms with Gasteiger partial charge < -0.3 is 5.73 Å². The average molecular weight is 223 g/mol. The van der Waals surface area contributed by atoms with Gasteiger partial charge in [-0.05, 0) is 19.4 Å². The standard InChI is InChI=1S/C11H17N3O2/c12-6-5-9-7-10(15)13-11(16)14(9)8-3-1-2-4-8/h7-8H,1-6,12H2,(H,13,15,16). The summed E-state index contributed by atoms with van der Waals surface area (Å²) in [6.45, 7) is 0.454. The molecule has 0 bridgehead atoms. The Morgan fingerprint density at radius 1 is 1.38 bits per heavy atom. The van der Waals surface area contributed by atoms with Crippen molar-refractivity contribution in [2.75, 3.05) is 6.54 Å². The quantitative estimate of drug-likeness (QED) is 0.765. The van der Waals surface area contributed by atoms with Crippen LogP contribution in [0.1, 0.15) is 37.4 Å². The highest BCUT2D eigenvalue weighted by molar-refractivity contribution is 5.04. The van der Waals surface area contributed by atoms with E-state index in [1.807, 2.05) is 0 Å². The fourth-order valence-electron chi connectivity index (χ4n) is 2.46. The first-order valence-corrected chi connectivity index (χ1v) is 5.77. The molecule has 0 spiro atoms. The van der Waals surface area contributed by atoms with E-state index in [0.717, 1.165) is 31.4 Å². The molecule has 0 aliphatic heterocycles. The first kappa shape index (κ1) is 11.1. The molecule has 0 aromatic carbocycles. The van der Waals surface area contributed by atoms with E-state index in [2.05, 4.69) is 4.98 Å². The van der Waals surface area contributed by atoms with Gasteiger partial charge in [0.15, 0.2) is 0 Å². The molecule has 0 amide bonds. The van der Waals surface area contributed by atoms with Crippen LogP contribution in [0.4, 0.5) is 0 Å². The first-order chi connectivity index (χ1) is 7.72. The van der Waals surface area contributed by atoms with Crippen molar-refractivity contribution >= 4 is 0 Å². The van der Waals surface area contributed by atoms with Crippen molar-refractivity contribution in [2.24, 2.45) is 5.73 Å². The normalized spacial score (nSPS) is 16.8. The molecule has 16 heavy (non-hydrogen) atoms. The van der Waals surface area contributed by atoms with E-state index in [0.29, 0.717) is 13.0 Å². The van der Waals surface area contributed by atoms with Crippen LogP contribution in [0.2, 0.25) is 0 Å². The number of aromatic nitrogens is 2. The fourth-order valence-corrected chi connectivity index (χ4v) is 2.46. The van der Waals surface area contributed by atoms with E-state index >= 15 is 0 Å². The predicted molar refractivity (Wildman–Crippen MR) is 61.6 cm³/mol. The third-order valence-corrected chi connectivity index (χ3v) is 3.15. The average Bonchev–Trinajstić information content (AvgIpc) is 2.70. The number of hydrogen-bond donors (Lipinski definition) is 2. The lowest BCUT2D eigenvalue weighted by atomic mass is 10.2. The molecule has 1 aliphatic carbocycles. The predicted octanol–water partition coefficient (Wildman–Crippen LogP) is 0.153. The zero-order valence-corrected chi connectivity index (χ0v) is 9.24. The number of hydrogen-bond acceptors (Lipinski definition) is 3. The minimum atomic E-state index is -0.331. The molecule has 0 atom stereocenters. The largest absolute Gasteiger partial charge is 0.330 e. The van der Waals surface area contributed by atoms with Gasteiger partial charge in [-0.2, -0.15) is 0 Å². The van der Waals surface area contributed by atoms with Crippen LogP contribution >= 0.6 is 0 Å². The smallest absolute Gasteiger partial charge is 0.328 e. The molecule has 1 saturated carbocycles. The Morgan fingerprint density at radius 3 is 2.69 bits per heavy atom. The van der Waals surface area contributed by atoms with E-state index in [-0.39, 0.29) is 17.3 Å². The summed E-state index contributed by atoms with van der Waals surface area (Å²) < 4.78 is 1.72. The summed E-state index contributed by atoms with van der Waals surface area (Å²) in [4.78, 5) is 25.4. The summed E-state index contributed by atoms with van der Waals surface area (Å²) in [6.07, 6.45) is 4.92. The Hall–Kier alpha value is -1.36. The van der Waals surface area contributed by atoms with Gasteiger partial charge in [0.05, 0.1) is 0 Å². The Bertz CT molecular complexity index is 469. The van der Waals surface area contributed by atoms with E-state index < -0.39 is 0 Å². The van der Waals surface area contributed by atoms with Crippen molar-refractivity contribution in [3.8, 4) is 0 Å². The minimum Gasteiger partial charge on any atom is -0.330 e. The van der Waals surface area contributed by atoms with Crippen LogP contribution in [-0.4, -0.2) is 16.1 Å². The number of nitrogens with two attached hydrogens (primary N) is 1. The highest BCUT2D eigenvalue weighted by atomic mass is 16.2. The lowest BCUT2D eigenvalue weighted by Crippen LogP contribution is -2.34. The third kappa shape index (κ3) is 2.09. The summed E-state index contributed by atoms with van der Waals surface area (Å²) >= 11 is 0. The highest BCUT2D eigenvalue weighted by Crippen LogP contribution is 2.28.